The Balaban J connectivity index is 2.29. The van der Waals surface area contributed by atoms with E-state index in [2.05, 4.69) is 54.6 Å². The molecule has 3 aromatic carbocycles. The van der Waals surface area contributed by atoms with Crippen LogP contribution < -0.4 is 0 Å². The molecule has 0 bridgehead atoms. The van der Waals surface area contributed by atoms with E-state index in [0.29, 0.717) is 0 Å². The van der Waals surface area contributed by atoms with Crippen molar-refractivity contribution in [3.05, 3.63) is 72.5 Å². The molecular weight excluding hydrogens is 220 g/mol. The Morgan fingerprint density at radius 2 is 1.56 bits per heavy atom. The average molecular weight is 234 g/mol. The Kier molecular flexibility index (Phi) is 2.73. The van der Waals surface area contributed by atoms with Crippen LogP contribution >= 0.6 is 0 Å². The van der Waals surface area contributed by atoms with Gasteiger partial charge in [0, 0.05) is 0 Å². The van der Waals surface area contributed by atoms with Crippen molar-refractivity contribution in [3.8, 4) is 0 Å². The number of allylic oxidation sites excluding steroid dienone is 1. The first kappa shape index (κ1) is 10.8. The minimum absolute atomic E-state index is 0.756. The Bertz CT molecular complexity index is 726. The molecule has 3 rings (SSSR count). The van der Waals surface area contributed by atoms with Crippen molar-refractivity contribution in [2.45, 2.75) is 6.42 Å². The summed E-state index contributed by atoms with van der Waals surface area (Å²) in [5.74, 6) is 0. The summed E-state index contributed by atoms with van der Waals surface area (Å²) in [7, 11) is 0. The maximum atomic E-state index is 8.79. The molecule has 1 heteroatoms. The van der Waals surface area contributed by atoms with Crippen LogP contribution in [0.4, 0.5) is 0 Å². The van der Waals surface area contributed by atoms with E-state index in [0.717, 1.165) is 12.7 Å². The molecule has 1 N–H and O–H groups in total. The first-order chi connectivity index (χ1) is 8.88. The zero-order chi connectivity index (χ0) is 12.4. The molecule has 88 valence electrons. The normalized spacial score (nSPS) is 11.6. The van der Waals surface area contributed by atoms with E-state index in [-0.39, 0.29) is 0 Å². The summed E-state index contributed by atoms with van der Waals surface area (Å²) in [6.07, 6.45) is 3.63. The molecule has 0 aromatic heterocycles. The van der Waals surface area contributed by atoms with Crippen LogP contribution in [0, 0.1) is 0 Å². The maximum absolute atomic E-state index is 8.79. The molecule has 0 unspecified atom stereocenters. The summed E-state index contributed by atoms with van der Waals surface area (Å²) in [6, 6.07) is 19.1. The van der Waals surface area contributed by atoms with Gasteiger partial charge in [-0.2, -0.15) is 0 Å². The quantitative estimate of drug-likeness (QED) is 0.507. The molecule has 0 spiro atoms. The van der Waals surface area contributed by atoms with Crippen molar-refractivity contribution in [1.82, 2.24) is 0 Å². The topological polar surface area (TPSA) is 20.2 Å². The van der Waals surface area contributed by atoms with Crippen LogP contribution in [0.5, 0.6) is 0 Å². The molecule has 0 heterocycles. The highest BCUT2D eigenvalue weighted by atomic mass is 16.2. The third-order valence-corrected chi connectivity index (χ3v) is 3.28. The van der Waals surface area contributed by atoms with E-state index in [1.807, 2.05) is 0 Å². The average Bonchev–Trinajstić information content (AvgIpc) is 2.43. The SMILES string of the molecule is OC=CCc1cccc2cc3ccccc3cc12. The number of aliphatic hydroxyl groups is 1. The lowest BCUT2D eigenvalue weighted by molar-refractivity contribution is 0.471. The lowest BCUT2D eigenvalue weighted by Crippen LogP contribution is -1.85. The molecule has 0 atom stereocenters. The van der Waals surface area contributed by atoms with E-state index in [9.17, 15) is 0 Å². The maximum Gasteiger partial charge on any atom is 0.0755 e. The van der Waals surface area contributed by atoms with Gasteiger partial charge in [-0.3, -0.25) is 0 Å². The van der Waals surface area contributed by atoms with E-state index in [1.54, 1.807) is 6.08 Å². The van der Waals surface area contributed by atoms with Crippen LogP contribution in [0.25, 0.3) is 21.5 Å². The first-order valence-corrected chi connectivity index (χ1v) is 6.08. The lowest BCUT2D eigenvalue weighted by atomic mass is 9.98. The molecule has 1 nitrogen and oxygen atoms in total. The van der Waals surface area contributed by atoms with Gasteiger partial charge in [0.15, 0.2) is 0 Å². The number of fused-ring (bicyclic) bond motifs is 2. The molecule has 0 aliphatic heterocycles. The van der Waals surface area contributed by atoms with Gasteiger partial charge >= 0.3 is 0 Å². The van der Waals surface area contributed by atoms with Crippen LogP contribution in [-0.2, 0) is 6.42 Å². The van der Waals surface area contributed by atoms with Crippen molar-refractivity contribution in [1.29, 1.82) is 0 Å². The summed E-state index contributed by atoms with van der Waals surface area (Å²) < 4.78 is 0. The number of hydrogen-bond donors (Lipinski definition) is 1. The van der Waals surface area contributed by atoms with Crippen molar-refractivity contribution >= 4 is 21.5 Å². The minimum Gasteiger partial charge on any atom is -0.516 e. The fraction of sp³-hybridized carbons (Fsp3) is 0.0588. The summed E-state index contributed by atoms with van der Waals surface area (Å²) in [5, 5.41) is 13.8. The second-order valence-electron chi connectivity index (χ2n) is 4.43. The van der Waals surface area contributed by atoms with Gasteiger partial charge in [0.2, 0.25) is 0 Å². The second-order valence-corrected chi connectivity index (χ2v) is 4.43. The van der Waals surface area contributed by atoms with Gasteiger partial charge in [-0.1, -0.05) is 42.5 Å². The Morgan fingerprint density at radius 3 is 2.33 bits per heavy atom. The molecule has 0 fully saturated rings. The third-order valence-electron chi connectivity index (χ3n) is 3.28. The Morgan fingerprint density at radius 1 is 0.833 bits per heavy atom. The first-order valence-electron chi connectivity index (χ1n) is 6.08. The molecular formula is C17H14O. The van der Waals surface area contributed by atoms with Gasteiger partial charge in [0.25, 0.3) is 0 Å². The van der Waals surface area contributed by atoms with Crippen molar-refractivity contribution in [2.24, 2.45) is 0 Å². The van der Waals surface area contributed by atoms with Crippen LogP contribution in [-0.4, -0.2) is 5.11 Å². The molecule has 0 saturated carbocycles. The minimum atomic E-state index is 0.756. The molecule has 3 aromatic rings. The molecule has 0 radical (unpaired) electrons. The second kappa shape index (κ2) is 4.53. The predicted molar refractivity (Wildman–Crippen MR) is 76.9 cm³/mol. The smallest absolute Gasteiger partial charge is 0.0755 e. The highest BCUT2D eigenvalue weighted by molar-refractivity contribution is 5.99. The monoisotopic (exact) mass is 234 g/mol. The molecule has 0 aliphatic rings. The van der Waals surface area contributed by atoms with Gasteiger partial charge < -0.3 is 5.11 Å². The van der Waals surface area contributed by atoms with Crippen molar-refractivity contribution in [3.63, 3.8) is 0 Å². The third kappa shape index (κ3) is 1.84. The van der Waals surface area contributed by atoms with Crippen LogP contribution in [0.15, 0.2) is 66.9 Å². The number of rotatable bonds is 2. The zero-order valence-electron chi connectivity index (χ0n) is 10.0. The highest BCUT2D eigenvalue weighted by Crippen LogP contribution is 2.25. The van der Waals surface area contributed by atoms with Gasteiger partial charge in [0.05, 0.1) is 6.26 Å². The summed E-state index contributed by atoms with van der Waals surface area (Å²) in [5.41, 5.74) is 1.24. The number of hydrogen-bond acceptors (Lipinski definition) is 1. The zero-order valence-corrected chi connectivity index (χ0v) is 10.0. The van der Waals surface area contributed by atoms with Gasteiger partial charge in [-0.05, 0) is 51.7 Å². The van der Waals surface area contributed by atoms with E-state index in [4.69, 9.17) is 5.11 Å². The van der Waals surface area contributed by atoms with E-state index in [1.165, 1.54) is 27.1 Å². The highest BCUT2D eigenvalue weighted by Gasteiger charge is 2.01. The number of benzene rings is 3. The molecule has 0 saturated heterocycles. The predicted octanol–water partition coefficient (Wildman–Crippen LogP) is 4.61. The van der Waals surface area contributed by atoms with Crippen LogP contribution in [0.3, 0.4) is 0 Å². The van der Waals surface area contributed by atoms with Gasteiger partial charge in [-0.25, -0.2) is 0 Å². The molecule has 0 aliphatic carbocycles. The van der Waals surface area contributed by atoms with Crippen LogP contribution in [0.2, 0.25) is 0 Å². The lowest BCUT2D eigenvalue weighted by Gasteiger charge is -2.06. The Labute approximate surface area is 106 Å². The fourth-order valence-corrected chi connectivity index (χ4v) is 2.39. The summed E-state index contributed by atoms with van der Waals surface area (Å²) in [6.45, 7) is 0. The van der Waals surface area contributed by atoms with Crippen molar-refractivity contribution < 1.29 is 5.11 Å². The largest absolute Gasteiger partial charge is 0.516 e. The van der Waals surface area contributed by atoms with Gasteiger partial charge in [-0.15, -0.1) is 0 Å². The van der Waals surface area contributed by atoms with E-state index >= 15 is 0 Å². The summed E-state index contributed by atoms with van der Waals surface area (Å²) >= 11 is 0. The number of aliphatic hydroxyl groups excluding tert-OH is 1. The fourth-order valence-electron chi connectivity index (χ4n) is 2.39. The van der Waals surface area contributed by atoms with E-state index < -0.39 is 0 Å². The van der Waals surface area contributed by atoms with Crippen LogP contribution in [0.1, 0.15) is 5.56 Å². The molecule has 0 amide bonds. The molecule has 18 heavy (non-hydrogen) atoms. The van der Waals surface area contributed by atoms with Gasteiger partial charge in [0.1, 0.15) is 0 Å². The Hall–Kier alpha value is -2.28. The summed E-state index contributed by atoms with van der Waals surface area (Å²) in [4.78, 5) is 0. The van der Waals surface area contributed by atoms with Crippen molar-refractivity contribution in [2.75, 3.05) is 0 Å². The standard InChI is InChI=1S/C17H14O/c18-10-4-9-13-7-3-8-16-11-14-5-1-2-6-15(14)12-17(13)16/h1-8,10-12,18H,9H2.